The molecule has 0 bridgehead atoms. The van der Waals surface area contributed by atoms with Crippen LogP contribution in [-0.2, 0) is 31.2 Å². The van der Waals surface area contributed by atoms with Gasteiger partial charge in [0.05, 0.1) is 0 Å². The zero-order chi connectivity index (χ0) is 41.9. The molecule has 6 aromatic carbocycles. The van der Waals surface area contributed by atoms with E-state index in [1.54, 1.807) is 0 Å². The van der Waals surface area contributed by atoms with E-state index in [0.717, 1.165) is 56.5 Å². The van der Waals surface area contributed by atoms with Crippen molar-refractivity contribution in [2.45, 2.75) is 67.2 Å². The molecule has 60 heavy (non-hydrogen) atoms. The molecule has 9 rings (SSSR count). The van der Waals surface area contributed by atoms with Gasteiger partial charge in [-0.3, -0.25) is 0 Å². The van der Waals surface area contributed by atoms with Crippen LogP contribution in [0.3, 0.4) is 0 Å². The average molecular weight is 968 g/mol. The van der Waals surface area contributed by atoms with Crippen LogP contribution in [0.5, 0.6) is 11.5 Å². The predicted molar refractivity (Wildman–Crippen MR) is 245 cm³/mol. The first-order valence-corrected chi connectivity index (χ1v) is 22.0. The van der Waals surface area contributed by atoms with Crippen LogP contribution in [0.2, 0.25) is 0 Å². The predicted octanol–water partition coefficient (Wildman–Crippen LogP) is 14.0. The Morgan fingerprint density at radius 2 is 1.23 bits per heavy atom. The van der Waals surface area contributed by atoms with Gasteiger partial charge in [-0.25, -0.2) is 0 Å². The molecule has 0 saturated carbocycles. The molecule has 1 aliphatic heterocycles. The van der Waals surface area contributed by atoms with E-state index < -0.39 is 0 Å². The van der Waals surface area contributed by atoms with Crippen LogP contribution in [0.4, 0.5) is 11.5 Å². The maximum absolute atomic E-state index is 6.79. The summed E-state index contributed by atoms with van der Waals surface area (Å²) in [5.74, 6) is 2.55. The Morgan fingerprint density at radius 1 is 0.633 bits per heavy atom. The summed E-state index contributed by atoms with van der Waals surface area (Å²) in [5, 5.41) is 0. The molecule has 8 aromatic rings. The Balaban J connectivity index is 1.18. The van der Waals surface area contributed by atoms with Crippen molar-refractivity contribution in [1.29, 1.82) is 0 Å². The van der Waals surface area contributed by atoms with Gasteiger partial charge < -0.3 is 0 Å². The van der Waals surface area contributed by atoms with Crippen LogP contribution in [0, 0.1) is 30.0 Å². The van der Waals surface area contributed by atoms with E-state index in [1.165, 1.54) is 55.8 Å². The van der Waals surface area contributed by atoms with E-state index in [0.29, 0.717) is 0 Å². The van der Waals surface area contributed by atoms with Gasteiger partial charge in [0, 0.05) is 6.20 Å². The number of ether oxygens (including phenoxy) is 1. The minimum atomic E-state index is 0.0242. The first-order valence-electron chi connectivity index (χ1n) is 20.9. The Morgan fingerprint density at radius 3 is 1.87 bits per heavy atom. The average Bonchev–Trinajstić information content (AvgIpc) is 3.53. The van der Waals surface area contributed by atoms with Crippen molar-refractivity contribution in [2.75, 3.05) is 11.4 Å². The van der Waals surface area contributed by atoms with Crippen molar-refractivity contribution in [3.05, 3.63) is 177 Å². The molecule has 1 aliphatic rings. The van der Waals surface area contributed by atoms with Gasteiger partial charge in [-0.2, -0.15) is 0 Å². The summed E-state index contributed by atoms with van der Waals surface area (Å²) < 4.78 is 12.7. The number of hydrogen-bond acceptors (Lipinski definition) is 3. The van der Waals surface area contributed by atoms with Gasteiger partial charge in [-0.1, -0.05) is 34.6 Å². The Kier molecular flexibility index (Phi) is 10.2. The third kappa shape index (κ3) is 7.17. The van der Waals surface area contributed by atoms with Crippen LogP contribution >= 0.6 is 0 Å². The van der Waals surface area contributed by atoms with Crippen LogP contribution in [-0.4, -0.2) is 20.7 Å². The first-order chi connectivity index (χ1) is 28.8. The topological polar surface area (TPSA) is 35.2 Å². The van der Waals surface area contributed by atoms with Gasteiger partial charge in [0.15, 0.2) is 0 Å². The van der Waals surface area contributed by atoms with E-state index in [9.17, 15) is 0 Å². The quantitative estimate of drug-likeness (QED) is 0.160. The van der Waals surface area contributed by atoms with Gasteiger partial charge in [-0.15, -0.1) is 0 Å². The molecule has 0 amide bonds. The van der Waals surface area contributed by atoms with Crippen molar-refractivity contribution >= 4 is 22.5 Å². The summed E-state index contributed by atoms with van der Waals surface area (Å²) in [7, 11) is 0. The molecule has 6 heteroatoms. The van der Waals surface area contributed by atoms with Crippen molar-refractivity contribution in [2.24, 2.45) is 5.41 Å². The van der Waals surface area contributed by atoms with E-state index in [4.69, 9.17) is 9.72 Å². The van der Waals surface area contributed by atoms with Gasteiger partial charge >= 0.3 is 309 Å². The fourth-order valence-corrected chi connectivity index (χ4v) is 10.1. The maximum atomic E-state index is 6.79. The van der Waals surface area contributed by atoms with Gasteiger partial charge in [-0.05, 0) is 17.0 Å². The number of fused-ring (bicyclic) bond motifs is 2. The van der Waals surface area contributed by atoms with Gasteiger partial charge in [0.25, 0.3) is 0 Å². The van der Waals surface area contributed by atoms with E-state index in [-0.39, 0.29) is 10.8 Å². The zero-order valence-corrected chi connectivity index (χ0v) is 38.1. The van der Waals surface area contributed by atoms with Crippen LogP contribution in [0.25, 0.3) is 44.7 Å². The van der Waals surface area contributed by atoms with E-state index >= 15 is 0 Å². The third-order valence-electron chi connectivity index (χ3n) is 12.2. The zero-order valence-electron chi connectivity index (χ0n) is 35.8. The molecule has 0 unspecified atom stereocenters. The van der Waals surface area contributed by atoms with Crippen LogP contribution in [0.15, 0.2) is 146 Å². The Hall–Kier alpha value is -5.77. The number of imidazole rings is 1. The van der Waals surface area contributed by atoms with Crippen molar-refractivity contribution in [3.63, 3.8) is 0 Å². The molecule has 0 atom stereocenters. The molecule has 0 spiro atoms. The second kappa shape index (κ2) is 15.4. The molecule has 304 valence electrons. The number of rotatable bonds is 7. The summed E-state index contributed by atoms with van der Waals surface area (Å²) in [6, 6.07) is 49.9. The molecule has 0 aliphatic carbocycles. The molecular weight excluding hydrogens is 916 g/mol. The monoisotopic (exact) mass is 967 g/mol. The SMILES string of the molecule is Cc1c(C)c(-c2ccccc2)c(-n2[c](=[Pt])n(-c3cccc(Oc4ccc5c(c4)N(c4cc(C(C)(C)C)ccn4)CC(C)(C)C5)c3)c3ccccc32)c(-c2ccccc2)c1C. The molecule has 0 saturated heterocycles. The number of para-hydroxylation sites is 2. The first kappa shape index (κ1) is 39.7. The second-order valence-electron chi connectivity index (χ2n) is 18.1. The molecule has 0 N–H and O–H groups in total. The summed E-state index contributed by atoms with van der Waals surface area (Å²) >= 11 is 2.53. The molecule has 5 nitrogen and oxygen atoms in total. The molecule has 2 aromatic heterocycles. The number of anilines is 2. The summed E-state index contributed by atoms with van der Waals surface area (Å²) in [4.78, 5) is 7.28. The normalized spacial score (nSPS) is 13.7. The van der Waals surface area contributed by atoms with Crippen molar-refractivity contribution < 1.29 is 24.1 Å². The Labute approximate surface area is 365 Å². The number of aromatic nitrogens is 3. The fraction of sp³-hybridized carbons (Fsp3) is 0.222. The fourth-order valence-electron chi connectivity index (χ4n) is 9.00. The minimum absolute atomic E-state index is 0.0242. The molecule has 3 heterocycles. The van der Waals surface area contributed by atoms with Crippen molar-refractivity contribution in [3.8, 4) is 45.1 Å². The third-order valence-corrected chi connectivity index (χ3v) is 13.2. The number of hydrogen-bond donors (Lipinski definition) is 0. The summed E-state index contributed by atoms with van der Waals surface area (Å²) in [5.41, 5.74) is 17.1. The van der Waals surface area contributed by atoms with E-state index in [2.05, 4.69) is 228 Å². The number of pyridine rings is 1. The van der Waals surface area contributed by atoms with E-state index in [1.807, 2.05) is 6.20 Å². The van der Waals surface area contributed by atoms with Crippen molar-refractivity contribution in [1.82, 2.24) is 14.1 Å². The van der Waals surface area contributed by atoms with Gasteiger partial charge in [0.2, 0.25) is 0 Å². The standard InChI is InChI=1S/C54H52N4O.Pt/c1-36-37(2)50(39-18-11-9-12-19-39)52(51(38(36)3)40-20-13-10-14-21-40)58-35-57(46-24-15-16-25-47(46)58)43-22-17-23-44(31-43)59-45-27-26-41-33-54(7,8)34-56(48(41)32-45)49-30-42(28-29-55-49)53(4,5)6;/h9-32H,33-34H2,1-8H3;. The summed E-state index contributed by atoms with van der Waals surface area (Å²) in [6.07, 6.45) is 2.94. The molecule has 0 radical (unpaired) electrons. The van der Waals surface area contributed by atoms with Gasteiger partial charge in [0.1, 0.15) is 0 Å². The molecule has 0 fully saturated rings. The second-order valence-corrected chi connectivity index (χ2v) is 19.1. The number of benzene rings is 6. The Bertz CT molecular complexity index is 2900. The number of nitrogens with zero attached hydrogens (tertiary/aromatic N) is 4. The van der Waals surface area contributed by atoms with Crippen LogP contribution in [0.1, 0.15) is 62.4 Å². The van der Waals surface area contributed by atoms with Crippen LogP contribution < -0.4 is 9.64 Å². The molecular formula is C54H52N4OPt. The summed E-state index contributed by atoms with van der Waals surface area (Å²) in [6.45, 7) is 19.1.